The molecule has 9 heteroatoms. The van der Waals surface area contributed by atoms with Crippen molar-refractivity contribution in [2.45, 2.75) is 44.7 Å². The summed E-state index contributed by atoms with van der Waals surface area (Å²) < 4.78 is 13.1. The molecule has 9 nitrogen and oxygen atoms in total. The number of aromatic nitrogens is 4. The summed E-state index contributed by atoms with van der Waals surface area (Å²) in [6, 6.07) is 12.6. The number of piperidine rings is 1. The fourth-order valence-corrected chi connectivity index (χ4v) is 6.32. The molecule has 1 atom stereocenters. The van der Waals surface area contributed by atoms with E-state index in [9.17, 15) is 4.79 Å². The molecule has 7 rings (SSSR count). The van der Waals surface area contributed by atoms with Gasteiger partial charge in [-0.1, -0.05) is 18.2 Å². The smallest absolute Gasteiger partial charge is 0.244 e. The number of hydrogen-bond acceptors (Lipinski definition) is 7. The van der Waals surface area contributed by atoms with Crippen LogP contribution in [-0.2, 0) is 16.8 Å². The zero-order valence-electron chi connectivity index (χ0n) is 20.0. The van der Waals surface area contributed by atoms with E-state index in [0.717, 1.165) is 54.9 Å². The molecule has 2 aromatic carbocycles. The first kappa shape index (κ1) is 20.9. The van der Waals surface area contributed by atoms with Gasteiger partial charge in [0.25, 0.3) is 0 Å². The molecule has 1 unspecified atom stereocenters. The molecule has 0 saturated carbocycles. The Morgan fingerprint density at radius 3 is 2.66 bits per heavy atom. The molecule has 1 amide bonds. The molecule has 35 heavy (non-hydrogen) atoms. The van der Waals surface area contributed by atoms with Gasteiger partial charge in [0.2, 0.25) is 12.7 Å². The van der Waals surface area contributed by atoms with Crippen molar-refractivity contribution >= 4 is 11.6 Å². The van der Waals surface area contributed by atoms with Crippen molar-refractivity contribution in [3.05, 3.63) is 47.5 Å². The summed E-state index contributed by atoms with van der Waals surface area (Å²) in [4.78, 5) is 19.1. The van der Waals surface area contributed by atoms with Gasteiger partial charge in [-0.15, -0.1) is 5.10 Å². The van der Waals surface area contributed by atoms with Crippen LogP contribution in [0.5, 0.6) is 11.5 Å². The highest BCUT2D eigenvalue weighted by molar-refractivity contribution is 6.11. The first-order chi connectivity index (χ1) is 17.1. The Morgan fingerprint density at radius 2 is 1.86 bits per heavy atom. The van der Waals surface area contributed by atoms with Gasteiger partial charge in [0.15, 0.2) is 17.3 Å². The van der Waals surface area contributed by atoms with Crippen LogP contribution in [0.25, 0.3) is 11.4 Å². The van der Waals surface area contributed by atoms with E-state index >= 15 is 0 Å². The zero-order chi connectivity index (χ0) is 23.7. The van der Waals surface area contributed by atoms with Crippen molar-refractivity contribution < 1.29 is 14.3 Å². The molecular weight excluding hydrogens is 444 g/mol. The van der Waals surface area contributed by atoms with E-state index in [1.807, 2.05) is 29.2 Å². The van der Waals surface area contributed by atoms with Gasteiger partial charge in [0.1, 0.15) is 5.41 Å². The van der Waals surface area contributed by atoms with E-state index in [2.05, 4.69) is 46.4 Å². The van der Waals surface area contributed by atoms with Gasteiger partial charge in [0.05, 0.1) is 6.54 Å². The second-order valence-corrected chi connectivity index (χ2v) is 10.3. The van der Waals surface area contributed by atoms with E-state index in [1.54, 1.807) is 4.68 Å². The Bertz CT molecular complexity index is 1330. The van der Waals surface area contributed by atoms with Crippen molar-refractivity contribution in [3.63, 3.8) is 0 Å². The second kappa shape index (κ2) is 7.52. The van der Waals surface area contributed by atoms with Crippen LogP contribution < -0.4 is 14.4 Å². The van der Waals surface area contributed by atoms with Gasteiger partial charge >= 0.3 is 0 Å². The number of amides is 1. The Kier molecular flexibility index (Phi) is 4.48. The number of anilines is 1. The van der Waals surface area contributed by atoms with Crippen molar-refractivity contribution in [3.8, 4) is 22.9 Å². The van der Waals surface area contributed by atoms with E-state index in [-0.39, 0.29) is 12.7 Å². The van der Waals surface area contributed by atoms with Crippen LogP contribution in [0.2, 0.25) is 0 Å². The largest absolute Gasteiger partial charge is 0.454 e. The Balaban J connectivity index is 1.33. The average molecular weight is 473 g/mol. The number of carbonyl (C=O) groups excluding carboxylic acids is 1. The standard InChI is InChI=1S/C26H28N6O3/c1-16(2)30-9-7-17(8-10-30)13-31-21-6-4-3-5-19(21)26(25(31)33)14-32-24(27-28-29-32)18-11-22-23(12-20(18)26)35-15-34-22/h3-6,11-12,16-17H,7-10,13-15H2,1-2H3. The van der Waals surface area contributed by atoms with E-state index in [4.69, 9.17) is 9.47 Å². The number of tetrazole rings is 1. The number of para-hydroxylation sites is 1. The van der Waals surface area contributed by atoms with Gasteiger partial charge in [-0.05, 0) is 85.4 Å². The highest BCUT2D eigenvalue weighted by Crippen LogP contribution is 2.54. The summed E-state index contributed by atoms with van der Waals surface area (Å²) in [7, 11) is 0. The summed E-state index contributed by atoms with van der Waals surface area (Å²) in [6.07, 6.45) is 2.20. The van der Waals surface area contributed by atoms with Crippen LogP contribution in [0.4, 0.5) is 5.69 Å². The molecule has 0 aliphatic carbocycles. The molecule has 1 fully saturated rings. The van der Waals surface area contributed by atoms with Gasteiger partial charge in [0, 0.05) is 23.8 Å². The lowest BCUT2D eigenvalue weighted by Crippen LogP contribution is -2.48. The minimum Gasteiger partial charge on any atom is -0.454 e. The van der Waals surface area contributed by atoms with Crippen molar-refractivity contribution in [2.75, 3.05) is 31.3 Å². The molecule has 4 aliphatic heterocycles. The van der Waals surface area contributed by atoms with Crippen LogP contribution in [0.1, 0.15) is 37.8 Å². The van der Waals surface area contributed by atoms with Crippen LogP contribution in [0, 0.1) is 5.92 Å². The van der Waals surface area contributed by atoms with Gasteiger partial charge in [-0.3, -0.25) is 4.79 Å². The van der Waals surface area contributed by atoms with E-state index in [0.29, 0.717) is 35.8 Å². The summed E-state index contributed by atoms with van der Waals surface area (Å²) in [5.41, 5.74) is 2.79. The third-order valence-corrected chi connectivity index (χ3v) is 8.22. The molecular formula is C26H28N6O3. The lowest BCUT2D eigenvalue weighted by atomic mass is 9.71. The highest BCUT2D eigenvalue weighted by atomic mass is 16.7. The fraction of sp³-hybridized carbons (Fsp3) is 0.462. The number of fused-ring (bicyclic) bond motifs is 7. The summed E-state index contributed by atoms with van der Waals surface area (Å²) in [5.74, 6) is 2.53. The van der Waals surface area contributed by atoms with E-state index < -0.39 is 5.41 Å². The topological polar surface area (TPSA) is 85.6 Å². The lowest BCUT2D eigenvalue weighted by molar-refractivity contribution is -0.122. The summed E-state index contributed by atoms with van der Waals surface area (Å²) in [5, 5.41) is 12.4. The molecule has 1 saturated heterocycles. The Labute approximate surface area is 203 Å². The third kappa shape index (κ3) is 2.90. The number of ether oxygens (including phenoxy) is 2. The molecule has 0 N–H and O–H groups in total. The van der Waals surface area contributed by atoms with Crippen LogP contribution >= 0.6 is 0 Å². The first-order valence-electron chi connectivity index (χ1n) is 12.4. The molecule has 1 aromatic heterocycles. The summed E-state index contributed by atoms with van der Waals surface area (Å²) >= 11 is 0. The third-order valence-electron chi connectivity index (χ3n) is 8.22. The highest BCUT2D eigenvalue weighted by Gasteiger charge is 2.56. The number of nitrogens with zero attached hydrogens (tertiary/aromatic N) is 6. The van der Waals surface area contributed by atoms with Crippen LogP contribution in [0.3, 0.4) is 0 Å². The molecule has 3 aromatic rings. The van der Waals surface area contributed by atoms with Crippen molar-refractivity contribution in [2.24, 2.45) is 5.92 Å². The second-order valence-electron chi connectivity index (χ2n) is 10.3. The SMILES string of the molecule is CC(C)N1CCC(CN2C(=O)C3(Cn4nnnc4-c4cc5c(cc43)OCO5)c3ccccc32)CC1. The number of hydrogen-bond donors (Lipinski definition) is 0. The van der Waals surface area contributed by atoms with Gasteiger partial charge in [-0.25, -0.2) is 4.68 Å². The molecule has 0 bridgehead atoms. The van der Waals surface area contributed by atoms with Gasteiger partial charge < -0.3 is 19.3 Å². The van der Waals surface area contributed by atoms with Gasteiger partial charge in [-0.2, -0.15) is 0 Å². The predicted molar refractivity (Wildman–Crippen MR) is 128 cm³/mol. The normalized spacial score (nSPS) is 23.2. The predicted octanol–water partition coefficient (Wildman–Crippen LogP) is 2.84. The first-order valence-corrected chi connectivity index (χ1v) is 12.4. The number of rotatable bonds is 3. The van der Waals surface area contributed by atoms with Crippen LogP contribution in [-0.4, -0.2) is 63.5 Å². The minimum absolute atomic E-state index is 0.0891. The number of carbonyl (C=O) groups is 1. The quantitative estimate of drug-likeness (QED) is 0.579. The monoisotopic (exact) mass is 472 g/mol. The number of likely N-dealkylation sites (tertiary alicyclic amines) is 1. The molecule has 4 aliphatic rings. The van der Waals surface area contributed by atoms with Crippen LogP contribution in [0.15, 0.2) is 36.4 Å². The zero-order valence-corrected chi connectivity index (χ0v) is 20.0. The Morgan fingerprint density at radius 1 is 1.09 bits per heavy atom. The maximum atomic E-state index is 14.5. The molecule has 1 spiro atoms. The Hall–Kier alpha value is -3.46. The average Bonchev–Trinajstić information content (AvgIpc) is 3.58. The molecule has 0 radical (unpaired) electrons. The molecule has 180 valence electrons. The van der Waals surface area contributed by atoms with Crippen molar-refractivity contribution in [1.82, 2.24) is 25.1 Å². The summed E-state index contributed by atoms with van der Waals surface area (Å²) in [6.45, 7) is 7.93. The van der Waals surface area contributed by atoms with Crippen molar-refractivity contribution in [1.29, 1.82) is 0 Å². The number of benzene rings is 2. The van der Waals surface area contributed by atoms with E-state index in [1.165, 1.54) is 0 Å². The maximum Gasteiger partial charge on any atom is 0.244 e. The fourth-order valence-electron chi connectivity index (χ4n) is 6.32. The maximum absolute atomic E-state index is 14.5. The molecule has 5 heterocycles. The lowest BCUT2D eigenvalue weighted by Gasteiger charge is -2.37. The minimum atomic E-state index is -0.909.